The van der Waals surface area contributed by atoms with Crippen molar-refractivity contribution in [2.24, 2.45) is 7.05 Å². The summed E-state index contributed by atoms with van der Waals surface area (Å²) in [6.07, 6.45) is 1.65. The van der Waals surface area contributed by atoms with Crippen LogP contribution in [0.1, 0.15) is 16.1 Å². The second-order valence-electron chi connectivity index (χ2n) is 6.45. The lowest BCUT2D eigenvalue weighted by molar-refractivity contribution is 0.0619. The molecular weight excluding hydrogens is 338 g/mol. The molecule has 25 heavy (non-hydrogen) atoms. The highest BCUT2D eigenvalue weighted by Gasteiger charge is 2.25. The number of hydrogen-bond donors (Lipinski definition) is 0. The van der Waals surface area contributed by atoms with E-state index in [1.54, 1.807) is 6.26 Å². The van der Waals surface area contributed by atoms with Crippen LogP contribution in [0, 0.1) is 0 Å². The fraction of sp³-hybridized carbons (Fsp3) is 0.316. The molecule has 0 radical (unpaired) electrons. The van der Waals surface area contributed by atoms with E-state index in [-0.39, 0.29) is 5.91 Å². The molecule has 0 N–H and O–H groups in total. The summed E-state index contributed by atoms with van der Waals surface area (Å²) in [5, 5.41) is 0.757. The summed E-state index contributed by atoms with van der Waals surface area (Å²) in [7, 11) is 1.90. The van der Waals surface area contributed by atoms with Crippen molar-refractivity contribution in [3.63, 3.8) is 0 Å². The van der Waals surface area contributed by atoms with Crippen LogP contribution in [0.2, 0.25) is 5.02 Å². The van der Waals surface area contributed by atoms with Crippen LogP contribution < -0.4 is 0 Å². The topological polar surface area (TPSA) is 41.6 Å². The standard InChI is InChI=1S/C19H20ClN3O2/c1-21-16-6-11-25-18(16)12-17(21)19(24)23-9-7-22(8-10-23)13-14-2-4-15(20)5-3-14/h2-6,11-12H,7-10,13H2,1H3. The van der Waals surface area contributed by atoms with Crippen LogP contribution in [0.4, 0.5) is 0 Å². The van der Waals surface area contributed by atoms with Gasteiger partial charge in [-0.25, -0.2) is 0 Å². The molecule has 0 unspecified atom stereocenters. The normalized spacial score (nSPS) is 15.8. The summed E-state index contributed by atoms with van der Waals surface area (Å²) in [4.78, 5) is 17.1. The summed E-state index contributed by atoms with van der Waals surface area (Å²) >= 11 is 5.93. The molecule has 1 amide bonds. The average Bonchev–Trinajstić information content (AvgIpc) is 3.20. The van der Waals surface area contributed by atoms with Gasteiger partial charge in [-0.05, 0) is 17.7 Å². The number of piperazine rings is 1. The number of nitrogens with zero attached hydrogens (tertiary/aromatic N) is 3. The monoisotopic (exact) mass is 357 g/mol. The SMILES string of the molecule is Cn1c(C(=O)N2CCN(Cc3ccc(Cl)cc3)CC2)cc2occc21. The van der Waals surface area contributed by atoms with Crippen LogP contribution >= 0.6 is 11.6 Å². The minimum absolute atomic E-state index is 0.0695. The molecule has 3 heterocycles. The van der Waals surface area contributed by atoms with Crippen LogP contribution in [-0.2, 0) is 13.6 Å². The van der Waals surface area contributed by atoms with Gasteiger partial charge >= 0.3 is 0 Å². The number of rotatable bonds is 3. The molecule has 130 valence electrons. The lowest BCUT2D eigenvalue weighted by Crippen LogP contribution is -2.48. The molecule has 4 rings (SSSR count). The van der Waals surface area contributed by atoms with E-state index in [1.807, 2.05) is 40.8 Å². The van der Waals surface area contributed by atoms with Crippen LogP contribution in [0.3, 0.4) is 0 Å². The van der Waals surface area contributed by atoms with Crippen LogP contribution in [0.25, 0.3) is 11.1 Å². The molecule has 0 saturated carbocycles. The van der Waals surface area contributed by atoms with Crippen molar-refractivity contribution < 1.29 is 9.21 Å². The third-order valence-corrected chi connectivity index (χ3v) is 5.11. The molecule has 0 atom stereocenters. The maximum absolute atomic E-state index is 12.8. The fourth-order valence-electron chi connectivity index (χ4n) is 3.37. The third-order valence-electron chi connectivity index (χ3n) is 4.86. The summed E-state index contributed by atoms with van der Waals surface area (Å²) in [5.74, 6) is 0.0695. The summed E-state index contributed by atoms with van der Waals surface area (Å²) in [5.41, 5.74) is 3.63. The van der Waals surface area contributed by atoms with Gasteiger partial charge in [0.15, 0.2) is 5.58 Å². The molecular formula is C19H20ClN3O2. The number of hydrogen-bond acceptors (Lipinski definition) is 3. The van der Waals surface area contributed by atoms with Gasteiger partial charge in [0.25, 0.3) is 5.91 Å². The Morgan fingerprint density at radius 3 is 2.52 bits per heavy atom. The van der Waals surface area contributed by atoms with Crippen LogP contribution in [0.5, 0.6) is 0 Å². The van der Waals surface area contributed by atoms with Crippen molar-refractivity contribution in [2.75, 3.05) is 26.2 Å². The van der Waals surface area contributed by atoms with Crippen molar-refractivity contribution in [3.05, 3.63) is 58.9 Å². The molecule has 0 spiro atoms. The van der Waals surface area contributed by atoms with E-state index in [0.717, 1.165) is 48.8 Å². The van der Waals surface area contributed by atoms with E-state index < -0.39 is 0 Å². The summed E-state index contributed by atoms with van der Waals surface area (Å²) in [6, 6.07) is 11.7. The van der Waals surface area contributed by atoms with E-state index in [4.69, 9.17) is 16.0 Å². The second kappa shape index (κ2) is 6.58. The van der Waals surface area contributed by atoms with Crippen molar-refractivity contribution in [3.8, 4) is 0 Å². The van der Waals surface area contributed by atoms with Crippen molar-refractivity contribution in [1.29, 1.82) is 0 Å². The van der Waals surface area contributed by atoms with Gasteiger partial charge in [0.2, 0.25) is 0 Å². The Morgan fingerprint density at radius 1 is 1.12 bits per heavy atom. The van der Waals surface area contributed by atoms with Crippen LogP contribution in [-0.4, -0.2) is 46.5 Å². The second-order valence-corrected chi connectivity index (χ2v) is 6.89. The number of carbonyl (C=O) groups excluding carboxylic acids is 1. The number of benzene rings is 1. The van der Waals surface area contributed by atoms with E-state index in [2.05, 4.69) is 17.0 Å². The highest BCUT2D eigenvalue weighted by atomic mass is 35.5. The third kappa shape index (κ3) is 3.17. The Labute approximate surface area is 151 Å². The minimum Gasteiger partial charge on any atom is -0.463 e. The van der Waals surface area contributed by atoms with Gasteiger partial charge in [-0.3, -0.25) is 9.69 Å². The van der Waals surface area contributed by atoms with Crippen molar-refractivity contribution in [2.45, 2.75) is 6.54 Å². The predicted octanol–water partition coefficient (Wildman–Crippen LogP) is 3.38. The first-order valence-corrected chi connectivity index (χ1v) is 8.78. The van der Waals surface area contributed by atoms with Gasteiger partial charge in [0, 0.05) is 56.9 Å². The Kier molecular flexibility index (Phi) is 4.27. The lowest BCUT2D eigenvalue weighted by atomic mass is 10.2. The first-order valence-electron chi connectivity index (χ1n) is 8.41. The Morgan fingerprint density at radius 2 is 1.84 bits per heavy atom. The molecule has 1 aliphatic heterocycles. The molecule has 3 aromatic rings. The van der Waals surface area contributed by atoms with E-state index >= 15 is 0 Å². The number of fused-ring (bicyclic) bond motifs is 1. The molecule has 1 fully saturated rings. The number of furan rings is 1. The molecule has 1 aliphatic rings. The zero-order valence-electron chi connectivity index (χ0n) is 14.1. The quantitative estimate of drug-likeness (QED) is 0.721. The van der Waals surface area contributed by atoms with Crippen LogP contribution in [0.15, 0.2) is 47.1 Å². The van der Waals surface area contributed by atoms with E-state index in [1.165, 1.54) is 5.56 Å². The lowest BCUT2D eigenvalue weighted by Gasteiger charge is -2.34. The van der Waals surface area contributed by atoms with Crippen molar-refractivity contribution in [1.82, 2.24) is 14.4 Å². The van der Waals surface area contributed by atoms with Gasteiger partial charge < -0.3 is 13.9 Å². The Balaban J connectivity index is 1.39. The molecule has 1 saturated heterocycles. The number of halogens is 1. The van der Waals surface area contributed by atoms with E-state index in [9.17, 15) is 4.79 Å². The number of aryl methyl sites for hydroxylation is 1. The molecule has 0 bridgehead atoms. The number of aromatic nitrogens is 1. The Bertz CT molecular complexity index is 889. The van der Waals surface area contributed by atoms with Gasteiger partial charge in [0.05, 0.1) is 11.8 Å². The Hall–Kier alpha value is -2.24. The van der Waals surface area contributed by atoms with Crippen molar-refractivity contribution >= 4 is 28.6 Å². The van der Waals surface area contributed by atoms with Gasteiger partial charge in [0.1, 0.15) is 5.69 Å². The van der Waals surface area contributed by atoms with Gasteiger partial charge in [-0.15, -0.1) is 0 Å². The predicted molar refractivity (Wildman–Crippen MR) is 97.8 cm³/mol. The highest BCUT2D eigenvalue weighted by molar-refractivity contribution is 6.30. The first-order chi connectivity index (χ1) is 12.1. The average molecular weight is 358 g/mol. The number of carbonyl (C=O) groups is 1. The molecule has 6 heteroatoms. The number of amides is 1. The fourth-order valence-corrected chi connectivity index (χ4v) is 3.50. The largest absolute Gasteiger partial charge is 0.463 e. The molecule has 2 aromatic heterocycles. The molecule has 5 nitrogen and oxygen atoms in total. The maximum Gasteiger partial charge on any atom is 0.270 e. The molecule has 1 aromatic carbocycles. The van der Waals surface area contributed by atoms with Gasteiger partial charge in [-0.2, -0.15) is 0 Å². The highest BCUT2D eigenvalue weighted by Crippen LogP contribution is 2.21. The zero-order chi connectivity index (χ0) is 17.4. The smallest absolute Gasteiger partial charge is 0.270 e. The van der Waals surface area contributed by atoms with Gasteiger partial charge in [-0.1, -0.05) is 23.7 Å². The van der Waals surface area contributed by atoms with E-state index in [0.29, 0.717) is 5.69 Å². The molecule has 0 aliphatic carbocycles. The first kappa shape index (κ1) is 16.2. The minimum atomic E-state index is 0.0695. The summed E-state index contributed by atoms with van der Waals surface area (Å²) < 4.78 is 7.30. The summed E-state index contributed by atoms with van der Waals surface area (Å²) in [6.45, 7) is 4.10. The maximum atomic E-state index is 12.8. The zero-order valence-corrected chi connectivity index (χ0v) is 14.9.